The molecule has 1 aromatic heterocycles. The van der Waals surface area contributed by atoms with E-state index in [0.29, 0.717) is 6.04 Å². The van der Waals surface area contributed by atoms with Crippen molar-refractivity contribution in [3.05, 3.63) is 20.8 Å². The lowest BCUT2D eigenvalue weighted by molar-refractivity contribution is 0.140. The van der Waals surface area contributed by atoms with Gasteiger partial charge in [0.15, 0.2) is 0 Å². The van der Waals surface area contributed by atoms with Crippen molar-refractivity contribution in [3.63, 3.8) is 0 Å². The number of nitrogens with two attached hydrogens (primary N) is 1. The molecule has 16 heavy (non-hydrogen) atoms. The highest BCUT2D eigenvalue weighted by molar-refractivity contribution is 9.10. The molecule has 0 spiro atoms. The van der Waals surface area contributed by atoms with E-state index < -0.39 is 0 Å². The predicted octanol–water partition coefficient (Wildman–Crippen LogP) is 2.23. The van der Waals surface area contributed by atoms with Gasteiger partial charge in [0.2, 0.25) is 0 Å². The quantitative estimate of drug-likeness (QED) is 0.927. The highest BCUT2D eigenvalue weighted by Gasteiger charge is 2.33. The summed E-state index contributed by atoms with van der Waals surface area (Å²) < 4.78 is 6.29. The molecule has 0 amide bonds. The van der Waals surface area contributed by atoms with Crippen LogP contribution in [0.4, 0.5) is 0 Å². The molecule has 90 valence electrons. The average molecular weight is 305 g/mol. The molecule has 1 aliphatic heterocycles. The lowest BCUT2D eigenvalue weighted by Gasteiger charge is -2.25. The van der Waals surface area contributed by atoms with Crippen LogP contribution in [0.2, 0.25) is 0 Å². The second-order valence-electron chi connectivity index (χ2n) is 4.09. The molecular formula is C11H17BrN2OS. The molecular weight excluding hydrogens is 288 g/mol. The van der Waals surface area contributed by atoms with Gasteiger partial charge in [-0.25, -0.2) is 0 Å². The van der Waals surface area contributed by atoms with Gasteiger partial charge in [-0.15, -0.1) is 11.3 Å². The number of halogens is 1. The number of rotatable bonds is 4. The normalized spacial score (nSPS) is 26.4. The Morgan fingerprint density at radius 2 is 2.50 bits per heavy atom. The van der Waals surface area contributed by atoms with Crippen LogP contribution in [0.25, 0.3) is 0 Å². The number of hydrogen-bond acceptors (Lipinski definition) is 4. The summed E-state index contributed by atoms with van der Waals surface area (Å²) >= 11 is 5.28. The van der Waals surface area contributed by atoms with Crippen molar-refractivity contribution in [3.8, 4) is 0 Å². The van der Waals surface area contributed by atoms with Crippen LogP contribution in [0, 0.1) is 0 Å². The van der Waals surface area contributed by atoms with Gasteiger partial charge in [0.25, 0.3) is 0 Å². The topological polar surface area (TPSA) is 38.5 Å². The minimum absolute atomic E-state index is 0.252. The second-order valence-corrected chi connectivity index (χ2v) is 5.95. The molecule has 1 saturated heterocycles. The van der Waals surface area contributed by atoms with E-state index in [-0.39, 0.29) is 6.04 Å². The van der Waals surface area contributed by atoms with E-state index in [4.69, 9.17) is 10.5 Å². The van der Waals surface area contributed by atoms with Crippen LogP contribution in [0.15, 0.2) is 15.9 Å². The maximum absolute atomic E-state index is 6.19. The van der Waals surface area contributed by atoms with E-state index in [1.807, 2.05) is 0 Å². The van der Waals surface area contributed by atoms with Crippen LogP contribution in [0.1, 0.15) is 17.3 Å². The summed E-state index contributed by atoms with van der Waals surface area (Å²) in [4.78, 5) is 3.78. The third kappa shape index (κ3) is 2.65. The first kappa shape index (κ1) is 12.5. The number of nitrogens with zero attached hydrogens (tertiary/aromatic N) is 1. The van der Waals surface area contributed by atoms with Crippen molar-refractivity contribution in [1.82, 2.24) is 4.90 Å². The number of methoxy groups -OCH3 is 1. The Balaban J connectivity index is 2.09. The van der Waals surface area contributed by atoms with E-state index in [1.54, 1.807) is 18.4 Å². The first-order valence-corrected chi connectivity index (χ1v) is 7.12. The monoisotopic (exact) mass is 304 g/mol. The van der Waals surface area contributed by atoms with Gasteiger partial charge in [-0.1, -0.05) is 0 Å². The molecule has 2 unspecified atom stereocenters. The smallest absolute Gasteiger partial charge is 0.0595 e. The van der Waals surface area contributed by atoms with E-state index in [9.17, 15) is 0 Å². The molecule has 2 heterocycles. The summed E-state index contributed by atoms with van der Waals surface area (Å²) in [6.45, 7) is 2.81. The Labute approximate surface area is 109 Å². The largest absolute Gasteiger partial charge is 0.383 e. The van der Waals surface area contributed by atoms with Crippen molar-refractivity contribution in [2.75, 3.05) is 26.8 Å². The van der Waals surface area contributed by atoms with Gasteiger partial charge >= 0.3 is 0 Å². The average Bonchev–Trinajstić information content (AvgIpc) is 2.82. The minimum atomic E-state index is 0.252. The molecule has 5 heteroatoms. The molecule has 0 radical (unpaired) electrons. The summed E-state index contributed by atoms with van der Waals surface area (Å²) in [6, 6.07) is 2.80. The Bertz CT molecular complexity index is 344. The SMILES string of the molecule is COCCN1CCC(N)C1c1cc(Br)cs1. The molecule has 1 aliphatic rings. The highest BCUT2D eigenvalue weighted by atomic mass is 79.9. The molecule has 2 atom stereocenters. The zero-order chi connectivity index (χ0) is 11.5. The second kappa shape index (κ2) is 5.60. The summed E-state index contributed by atoms with van der Waals surface area (Å²) in [5.41, 5.74) is 6.19. The van der Waals surface area contributed by atoms with E-state index in [0.717, 1.165) is 30.6 Å². The third-order valence-corrected chi connectivity index (χ3v) is 4.77. The first-order valence-electron chi connectivity index (χ1n) is 5.45. The van der Waals surface area contributed by atoms with Gasteiger partial charge in [0, 0.05) is 41.0 Å². The lowest BCUT2D eigenvalue weighted by atomic mass is 10.1. The van der Waals surface area contributed by atoms with Gasteiger partial charge < -0.3 is 10.5 Å². The van der Waals surface area contributed by atoms with Crippen LogP contribution in [-0.4, -0.2) is 37.7 Å². The van der Waals surface area contributed by atoms with E-state index in [1.165, 1.54) is 4.88 Å². The van der Waals surface area contributed by atoms with Gasteiger partial charge in [-0.3, -0.25) is 4.90 Å². The lowest BCUT2D eigenvalue weighted by Crippen LogP contribution is -2.33. The first-order chi connectivity index (χ1) is 7.72. The summed E-state index contributed by atoms with van der Waals surface area (Å²) in [5, 5.41) is 2.12. The minimum Gasteiger partial charge on any atom is -0.383 e. The van der Waals surface area contributed by atoms with Crippen LogP contribution in [0.5, 0.6) is 0 Å². The van der Waals surface area contributed by atoms with Gasteiger partial charge in [0.1, 0.15) is 0 Å². The number of ether oxygens (including phenoxy) is 1. The van der Waals surface area contributed by atoms with Crippen molar-refractivity contribution in [2.45, 2.75) is 18.5 Å². The number of hydrogen-bond donors (Lipinski definition) is 1. The molecule has 0 saturated carbocycles. The van der Waals surface area contributed by atoms with Crippen LogP contribution in [-0.2, 0) is 4.74 Å². The van der Waals surface area contributed by atoms with E-state index >= 15 is 0 Å². The zero-order valence-electron chi connectivity index (χ0n) is 9.36. The highest BCUT2D eigenvalue weighted by Crippen LogP contribution is 2.35. The summed E-state index contributed by atoms with van der Waals surface area (Å²) in [5.74, 6) is 0. The molecule has 0 aliphatic carbocycles. The molecule has 0 bridgehead atoms. The third-order valence-electron chi connectivity index (χ3n) is 3.01. The molecule has 2 rings (SSSR count). The number of thiophene rings is 1. The van der Waals surface area contributed by atoms with E-state index in [2.05, 4.69) is 32.3 Å². The van der Waals surface area contributed by atoms with Crippen LogP contribution < -0.4 is 5.73 Å². The molecule has 1 aromatic rings. The van der Waals surface area contributed by atoms with Gasteiger partial charge in [0.05, 0.1) is 12.6 Å². The Morgan fingerprint density at radius 1 is 1.69 bits per heavy atom. The molecule has 1 fully saturated rings. The Kier molecular flexibility index (Phi) is 4.38. The molecule has 3 nitrogen and oxygen atoms in total. The van der Waals surface area contributed by atoms with Crippen molar-refractivity contribution in [1.29, 1.82) is 0 Å². The van der Waals surface area contributed by atoms with Crippen LogP contribution >= 0.6 is 27.3 Å². The van der Waals surface area contributed by atoms with Crippen molar-refractivity contribution < 1.29 is 4.74 Å². The standard InChI is InChI=1S/C11H17BrN2OS/c1-15-5-4-14-3-2-9(13)11(14)10-6-8(12)7-16-10/h6-7,9,11H,2-5,13H2,1H3. The van der Waals surface area contributed by atoms with Crippen molar-refractivity contribution >= 4 is 27.3 Å². The van der Waals surface area contributed by atoms with Crippen molar-refractivity contribution in [2.24, 2.45) is 5.73 Å². The summed E-state index contributed by atoms with van der Waals surface area (Å²) in [7, 11) is 1.74. The predicted molar refractivity (Wildman–Crippen MR) is 70.8 cm³/mol. The maximum Gasteiger partial charge on any atom is 0.0595 e. The van der Waals surface area contributed by atoms with Crippen LogP contribution in [0.3, 0.4) is 0 Å². The van der Waals surface area contributed by atoms with Gasteiger partial charge in [-0.2, -0.15) is 0 Å². The number of likely N-dealkylation sites (tertiary alicyclic amines) is 1. The maximum atomic E-state index is 6.19. The zero-order valence-corrected chi connectivity index (χ0v) is 11.8. The Morgan fingerprint density at radius 3 is 3.12 bits per heavy atom. The van der Waals surface area contributed by atoms with Gasteiger partial charge in [-0.05, 0) is 28.4 Å². The Hall–Kier alpha value is 0.0600. The summed E-state index contributed by atoms with van der Waals surface area (Å²) in [6.07, 6.45) is 1.07. The molecule has 2 N–H and O–H groups in total. The molecule has 0 aromatic carbocycles. The fourth-order valence-electron chi connectivity index (χ4n) is 2.22. The fraction of sp³-hybridized carbons (Fsp3) is 0.636. The fourth-order valence-corrected chi connectivity index (χ4v) is 3.87.